The van der Waals surface area contributed by atoms with Gasteiger partial charge in [-0.2, -0.15) is 0 Å². The Labute approximate surface area is 83.2 Å². The molecule has 0 spiro atoms. The molecule has 0 aliphatic heterocycles. The van der Waals surface area contributed by atoms with Crippen LogP contribution in [0.25, 0.3) is 0 Å². The normalized spacial score (nSPS) is 12.1. The summed E-state index contributed by atoms with van der Waals surface area (Å²) in [6.45, 7) is 5.68. The van der Waals surface area contributed by atoms with Crippen LogP contribution in [0.4, 0.5) is 5.69 Å². The lowest BCUT2D eigenvalue weighted by molar-refractivity contribution is -0.385. The van der Waals surface area contributed by atoms with Gasteiger partial charge in [0.1, 0.15) is 0 Å². The number of allylic oxidation sites excluding steroid dienone is 1. The Bertz CT molecular complexity index is 347. The molecule has 0 aliphatic rings. The van der Waals surface area contributed by atoms with Crippen molar-refractivity contribution in [1.29, 1.82) is 0 Å². The minimum atomic E-state index is -0.346. The van der Waals surface area contributed by atoms with Crippen LogP contribution in [-0.2, 0) is 0 Å². The van der Waals surface area contributed by atoms with Crippen molar-refractivity contribution >= 4 is 5.69 Å². The Balaban J connectivity index is 3.18. The first-order valence-corrected chi connectivity index (χ1v) is 4.56. The topological polar surface area (TPSA) is 43.1 Å². The van der Waals surface area contributed by atoms with Crippen molar-refractivity contribution < 1.29 is 4.92 Å². The summed E-state index contributed by atoms with van der Waals surface area (Å²) in [7, 11) is 0. The van der Waals surface area contributed by atoms with Crippen molar-refractivity contribution in [3.63, 3.8) is 0 Å². The second-order valence-electron chi connectivity index (χ2n) is 3.07. The molecule has 3 nitrogen and oxygen atoms in total. The van der Waals surface area contributed by atoms with Gasteiger partial charge in [-0.1, -0.05) is 31.2 Å². The fraction of sp³-hybridized carbons (Fsp3) is 0.273. The van der Waals surface area contributed by atoms with Crippen LogP contribution in [0.15, 0.2) is 36.9 Å². The minimum absolute atomic E-state index is 0.0663. The van der Waals surface area contributed by atoms with Gasteiger partial charge < -0.3 is 0 Å². The molecule has 0 N–H and O–H groups in total. The molecule has 0 bridgehead atoms. The molecule has 74 valence electrons. The van der Waals surface area contributed by atoms with Gasteiger partial charge in [0.05, 0.1) is 4.92 Å². The van der Waals surface area contributed by atoms with Crippen LogP contribution in [0.1, 0.15) is 24.8 Å². The molecule has 0 heterocycles. The van der Waals surface area contributed by atoms with E-state index in [4.69, 9.17) is 0 Å². The van der Waals surface area contributed by atoms with E-state index in [0.29, 0.717) is 0 Å². The number of hydrogen-bond acceptors (Lipinski definition) is 2. The Kier molecular flexibility index (Phi) is 3.40. The third-order valence-electron chi connectivity index (χ3n) is 2.26. The third kappa shape index (κ3) is 1.99. The highest BCUT2D eigenvalue weighted by atomic mass is 16.6. The summed E-state index contributed by atoms with van der Waals surface area (Å²) in [6.07, 6.45) is 2.58. The predicted molar refractivity (Wildman–Crippen MR) is 56.3 cm³/mol. The zero-order valence-corrected chi connectivity index (χ0v) is 8.14. The van der Waals surface area contributed by atoms with E-state index in [2.05, 4.69) is 6.58 Å². The van der Waals surface area contributed by atoms with E-state index >= 15 is 0 Å². The summed E-state index contributed by atoms with van der Waals surface area (Å²) in [5.41, 5.74) is 0.925. The molecule has 0 aromatic heterocycles. The number of nitrogens with zero attached hydrogens (tertiary/aromatic N) is 1. The summed E-state index contributed by atoms with van der Waals surface area (Å²) < 4.78 is 0. The van der Waals surface area contributed by atoms with E-state index in [1.54, 1.807) is 18.2 Å². The van der Waals surface area contributed by atoms with Gasteiger partial charge in [-0.3, -0.25) is 10.1 Å². The van der Waals surface area contributed by atoms with Crippen molar-refractivity contribution in [3.05, 3.63) is 52.6 Å². The Morgan fingerprint density at radius 2 is 2.21 bits per heavy atom. The van der Waals surface area contributed by atoms with Crippen LogP contribution in [0.3, 0.4) is 0 Å². The zero-order valence-electron chi connectivity index (χ0n) is 8.14. The second kappa shape index (κ2) is 4.56. The molecular weight excluding hydrogens is 178 g/mol. The number of hydrogen-bond donors (Lipinski definition) is 0. The highest BCUT2D eigenvalue weighted by molar-refractivity contribution is 5.43. The Hall–Kier alpha value is -1.64. The summed E-state index contributed by atoms with van der Waals surface area (Å²) in [5, 5.41) is 10.7. The molecule has 1 atom stereocenters. The molecule has 0 fully saturated rings. The van der Waals surface area contributed by atoms with Gasteiger partial charge in [-0.05, 0) is 6.42 Å². The van der Waals surface area contributed by atoms with E-state index in [-0.39, 0.29) is 16.5 Å². The molecule has 0 radical (unpaired) electrons. The highest BCUT2D eigenvalue weighted by Crippen LogP contribution is 2.28. The van der Waals surface area contributed by atoms with Crippen LogP contribution >= 0.6 is 0 Å². The number of nitro benzene ring substituents is 1. The van der Waals surface area contributed by atoms with Crippen LogP contribution in [-0.4, -0.2) is 4.92 Å². The van der Waals surface area contributed by atoms with Crippen molar-refractivity contribution in [2.45, 2.75) is 19.3 Å². The molecule has 3 heteroatoms. The second-order valence-corrected chi connectivity index (χ2v) is 3.07. The zero-order chi connectivity index (χ0) is 10.6. The van der Waals surface area contributed by atoms with E-state index in [9.17, 15) is 10.1 Å². The largest absolute Gasteiger partial charge is 0.273 e. The SMILES string of the molecule is C=CC(CC)c1ccccc1[N+](=O)[O-]. The highest BCUT2D eigenvalue weighted by Gasteiger charge is 2.17. The molecule has 0 saturated heterocycles. The maximum atomic E-state index is 10.7. The van der Waals surface area contributed by atoms with E-state index in [0.717, 1.165) is 12.0 Å². The smallest absolute Gasteiger partial charge is 0.258 e. The molecular formula is C11H13NO2. The number of benzene rings is 1. The summed E-state index contributed by atoms with van der Waals surface area (Å²) in [4.78, 5) is 10.4. The van der Waals surface area contributed by atoms with Gasteiger partial charge in [0.25, 0.3) is 5.69 Å². The Morgan fingerprint density at radius 1 is 1.57 bits per heavy atom. The van der Waals surface area contributed by atoms with Crippen LogP contribution < -0.4 is 0 Å². The lowest BCUT2D eigenvalue weighted by Crippen LogP contribution is -1.99. The van der Waals surface area contributed by atoms with Gasteiger partial charge in [-0.25, -0.2) is 0 Å². The first-order chi connectivity index (χ1) is 6.70. The molecule has 0 saturated carbocycles. The molecule has 0 amide bonds. The molecule has 1 rings (SSSR count). The predicted octanol–water partition coefficient (Wildman–Crippen LogP) is 3.27. The Morgan fingerprint density at radius 3 is 2.71 bits per heavy atom. The lowest BCUT2D eigenvalue weighted by atomic mass is 9.95. The van der Waals surface area contributed by atoms with Crippen molar-refractivity contribution in [1.82, 2.24) is 0 Å². The fourth-order valence-electron chi connectivity index (χ4n) is 1.48. The van der Waals surface area contributed by atoms with Gasteiger partial charge >= 0.3 is 0 Å². The molecule has 14 heavy (non-hydrogen) atoms. The van der Waals surface area contributed by atoms with Crippen LogP contribution in [0.5, 0.6) is 0 Å². The van der Waals surface area contributed by atoms with Gasteiger partial charge in [0.15, 0.2) is 0 Å². The summed E-state index contributed by atoms with van der Waals surface area (Å²) in [6, 6.07) is 6.81. The van der Waals surface area contributed by atoms with Gasteiger partial charge in [0.2, 0.25) is 0 Å². The number of nitro groups is 1. The molecule has 0 aliphatic carbocycles. The number of rotatable bonds is 4. The minimum Gasteiger partial charge on any atom is -0.258 e. The van der Waals surface area contributed by atoms with E-state index in [1.807, 2.05) is 13.0 Å². The molecule has 1 aromatic rings. The van der Waals surface area contributed by atoms with E-state index in [1.165, 1.54) is 6.07 Å². The average Bonchev–Trinajstić information content (AvgIpc) is 2.20. The van der Waals surface area contributed by atoms with Crippen molar-refractivity contribution in [2.24, 2.45) is 0 Å². The first-order valence-electron chi connectivity index (χ1n) is 4.56. The van der Waals surface area contributed by atoms with Crippen molar-refractivity contribution in [3.8, 4) is 0 Å². The first kappa shape index (κ1) is 10.4. The average molecular weight is 191 g/mol. The number of para-hydroxylation sites is 1. The van der Waals surface area contributed by atoms with Crippen LogP contribution in [0, 0.1) is 10.1 Å². The maximum absolute atomic E-state index is 10.7. The quantitative estimate of drug-likeness (QED) is 0.416. The fourth-order valence-corrected chi connectivity index (χ4v) is 1.48. The third-order valence-corrected chi connectivity index (χ3v) is 2.26. The van der Waals surface area contributed by atoms with Gasteiger partial charge in [0, 0.05) is 17.5 Å². The van der Waals surface area contributed by atoms with Crippen LogP contribution in [0.2, 0.25) is 0 Å². The maximum Gasteiger partial charge on any atom is 0.273 e. The standard InChI is InChI=1S/C11H13NO2/c1-3-9(4-2)10-7-5-6-8-11(10)12(13)14/h3,5-9H,1,4H2,2H3. The monoisotopic (exact) mass is 191 g/mol. The molecule has 1 unspecified atom stereocenters. The van der Waals surface area contributed by atoms with Crippen molar-refractivity contribution in [2.75, 3.05) is 0 Å². The van der Waals surface area contributed by atoms with Gasteiger partial charge in [-0.15, -0.1) is 6.58 Å². The lowest BCUT2D eigenvalue weighted by Gasteiger charge is -2.09. The summed E-state index contributed by atoms with van der Waals surface area (Å²) >= 11 is 0. The molecule has 1 aromatic carbocycles. The summed E-state index contributed by atoms with van der Waals surface area (Å²) in [5.74, 6) is 0.0663. The van der Waals surface area contributed by atoms with E-state index < -0.39 is 0 Å².